The van der Waals surface area contributed by atoms with Crippen LogP contribution in [-0.2, 0) is 7.05 Å². The summed E-state index contributed by atoms with van der Waals surface area (Å²) in [4.78, 5) is 0. The predicted molar refractivity (Wildman–Crippen MR) is 103 cm³/mol. The minimum atomic E-state index is -1.89. The Bertz CT molecular complexity index is 727. The van der Waals surface area contributed by atoms with Crippen molar-refractivity contribution in [1.82, 2.24) is 9.78 Å². The Labute approximate surface area is 146 Å². The molecule has 0 saturated heterocycles. The summed E-state index contributed by atoms with van der Waals surface area (Å²) in [6, 6.07) is 8.02. The molecule has 0 aliphatic carbocycles. The van der Waals surface area contributed by atoms with Crippen molar-refractivity contribution >= 4 is 20.5 Å². The van der Waals surface area contributed by atoms with Gasteiger partial charge in [0, 0.05) is 13.2 Å². The summed E-state index contributed by atoms with van der Waals surface area (Å²) in [5, 5.41) is 4.49. The van der Waals surface area contributed by atoms with Crippen molar-refractivity contribution in [2.75, 3.05) is 7.11 Å². The summed E-state index contributed by atoms with van der Waals surface area (Å²) in [5.74, 6) is 1.59. The van der Waals surface area contributed by atoms with Crippen molar-refractivity contribution in [2.45, 2.75) is 38.9 Å². The number of aromatic nitrogens is 2. The van der Waals surface area contributed by atoms with E-state index in [2.05, 4.69) is 39.0 Å². The van der Waals surface area contributed by atoms with Gasteiger partial charge in [-0.2, -0.15) is 5.10 Å². The normalized spacial score (nSPS) is 12.6. The van der Waals surface area contributed by atoms with E-state index < -0.39 is 8.32 Å². The van der Waals surface area contributed by atoms with Gasteiger partial charge in [0.1, 0.15) is 5.75 Å². The van der Waals surface area contributed by atoms with Gasteiger partial charge in [-0.1, -0.05) is 32.9 Å². The van der Waals surface area contributed by atoms with E-state index in [1.807, 2.05) is 49.7 Å². The molecule has 1 aromatic carbocycles. The van der Waals surface area contributed by atoms with E-state index >= 15 is 0 Å². The number of hydrogen-bond donors (Lipinski definition) is 0. The predicted octanol–water partition coefficient (Wildman–Crippen LogP) is 4.98. The van der Waals surface area contributed by atoms with Crippen LogP contribution in [0.2, 0.25) is 18.1 Å². The molecule has 1 aromatic heterocycles. The van der Waals surface area contributed by atoms with Crippen molar-refractivity contribution in [3.8, 4) is 11.5 Å². The summed E-state index contributed by atoms with van der Waals surface area (Å²) < 4.78 is 13.7. The van der Waals surface area contributed by atoms with E-state index in [1.54, 1.807) is 11.8 Å². The lowest BCUT2D eigenvalue weighted by atomic mass is 10.2. The Kier molecular flexibility index (Phi) is 5.23. The third-order valence-corrected chi connectivity index (χ3v) is 8.88. The van der Waals surface area contributed by atoms with Crippen LogP contribution in [0.3, 0.4) is 0 Å². The van der Waals surface area contributed by atoms with Gasteiger partial charge in [-0.3, -0.25) is 4.68 Å². The van der Waals surface area contributed by atoms with Crippen LogP contribution in [0, 0.1) is 0 Å². The van der Waals surface area contributed by atoms with E-state index in [1.165, 1.54) is 0 Å². The number of nitrogens with zero attached hydrogens (tertiary/aromatic N) is 2. The van der Waals surface area contributed by atoms with Gasteiger partial charge >= 0.3 is 0 Å². The quantitative estimate of drug-likeness (QED) is 0.718. The second-order valence-electron chi connectivity index (χ2n) is 7.52. The molecule has 0 spiro atoms. The highest BCUT2D eigenvalue weighted by Gasteiger charge is 2.39. The molecule has 0 saturated carbocycles. The summed E-state index contributed by atoms with van der Waals surface area (Å²) in [6.07, 6.45) is 5.94. The molecule has 0 aliphatic heterocycles. The first kappa shape index (κ1) is 18.3. The van der Waals surface area contributed by atoms with E-state index in [0.29, 0.717) is 0 Å². The summed E-state index contributed by atoms with van der Waals surface area (Å²) in [7, 11) is 1.70. The Hall–Kier alpha value is -2.01. The first-order valence-electron chi connectivity index (χ1n) is 8.17. The lowest BCUT2D eigenvalue weighted by Gasteiger charge is -2.36. The van der Waals surface area contributed by atoms with Crippen molar-refractivity contribution in [3.05, 3.63) is 41.7 Å². The molecular formula is C19H28N2O2Si. The van der Waals surface area contributed by atoms with Gasteiger partial charge in [0.2, 0.25) is 0 Å². The molecule has 0 aliphatic rings. The average Bonchev–Trinajstić information content (AvgIpc) is 2.90. The molecule has 0 bridgehead atoms. The van der Waals surface area contributed by atoms with Crippen LogP contribution in [0.15, 0.2) is 30.5 Å². The smallest absolute Gasteiger partial charge is 0.250 e. The zero-order valence-electron chi connectivity index (χ0n) is 15.8. The summed E-state index contributed by atoms with van der Waals surface area (Å²) in [5.41, 5.74) is 1.98. The van der Waals surface area contributed by atoms with Crippen molar-refractivity contribution in [2.24, 2.45) is 7.05 Å². The van der Waals surface area contributed by atoms with Gasteiger partial charge in [0.15, 0.2) is 5.75 Å². The second-order valence-corrected chi connectivity index (χ2v) is 12.2. The molecule has 24 heavy (non-hydrogen) atoms. The van der Waals surface area contributed by atoms with Crippen LogP contribution in [0.1, 0.15) is 32.0 Å². The van der Waals surface area contributed by atoms with E-state index in [4.69, 9.17) is 9.16 Å². The van der Waals surface area contributed by atoms with Gasteiger partial charge in [-0.05, 0) is 48.0 Å². The van der Waals surface area contributed by atoms with Crippen LogP contribution in [0.5, 0.6) is 11.5 Å². The van der Waals surface area contributed by atoms with Gasteiger partial charge in [-0.15, -0.1) is 0 Å². The second kappa shape index (κ2) is 6.85. The van der Waals surface area contributed by atoms with Crippen LogP contribution >= 0.6 is 0 Å². The van der Waals surface area contributed by atoms with Crippen LogP contribution in [0.25, 0.3) is 12.2 Å². The molecule has 0 N–H and O–H groups in total. The minimum absolute atomic E-state index is 0.148. The Morgan fingerprint density at radius 3 is 2.33 bits per heavy atom. The van der Waals surface area contributed by atoms with Crippen LogP contribution < -0.4 is 9.16 Å². The van der Waals surface area contributed by atoms with Crippen LogP contribution in [0.4, 0.5) is 0 Å². The topological polar surface area (TPSA) is 36.3 Å². The highest BCUT2D eigenvalue weighted by atomic mass is 28.4. The molecule has 0 fully saturated rings. The SMILES string of the molecule is COc1cc(/C=C/c2ccn(C)n2)ccc1O[Si](C)(C)C(C)(C)C. The number of benzene rings is 1. The van der Waals surface area contributed by atoms with Gasteiger partial charge in [0.25, 0.3) is 8.32 Å². The highest BCUT2D eigenvalue weighted by Crippen LogP contribution is 2.40. The zero-order valence-corrected chi connectivity index (χ0v) is 16.8. The molecule has 4 nitrogen and oxygen atoms in total. The molecule has 5 heteroatoms. The monoisotopic (exact) mass is 344 g/mol. The van der Waals surface area contributed by atoms with Crippen molar-refractivity contribution in [3.63, 3.8) is 0 Å². The third-order valence-electron chi connectivity index (χ3n) is 4.54. The minimum Gasteiger partial charge on any atom is -0.541 e. The van der Waals surface area contributed by atoms with Crippen LogP contribution in [-0.4, -0.2) is 25.2 Å². The fraction of sp³-hybridized carbons (Fsp3) is 0.421. The molecule has 0 radical (unpaired) electrons. The summed E-state index contributed by atoms with van der Waals surface area (Å²) >= 11 is 0. The third kappa shape index (κ3) is 4.29. The fourth-order valence-corrected chi connectivity index (χ4v) is 3.03. The van der Waals surface area contributed by atoms with E-state index in [0.717, 1.165) is 22.8 Å². The van der Waals surface area contributed by atoms with E-state index in [9.17, 15) is 0 Å². The number of aryl methyl sites for hydroxylation is 1. The zero-order chi connectivity index (χ0) is 18.0. The van der Waals surface area contributed by atoms with Gasteiger partial charge in [0.05, 0.1) is 12.8 Å². The fourth-order valence-electron chi connectivity index (χ4n) is 2.00. The first-order valence-corrected chi connectivity index (χ1v) is 11.1. The maximum atomic E-state index is 6.38. The Balaban J connectivity index is 2.23. The number of hydrogen-bond acceptors (Lipinski definition) is 3. The first-order chi connectivity index (χ1) is 11.1. The summed E-state index contributed by atoms with van der Waals surface area (Å²) in [6.45, 7) is 11.2. The molecule has 0 unspecified atom stereocenters. The largest absolute Gasteiger partial charge is 0.541 e. The molecule has 0 atom stereocenters. The maximum Gasteiger partial charge on any atom is 0.250 e. The number of rotatable bonds is 5. The standard InChI is InChI=1S/C19H28N2O2Si/c1-19(2,3)24(6,7)23-17-11-9-15(14-18(17)22-5)8-10-16-12-13-21(4)20-16/h8-14H,1-7H3/b10-8+. The molecular weight excluding hydrogens is 316 g/mol. The van der Waals surface area contributed by atoms with E-state index in [-0.39, 0.29) is 5.04 Å². The van der Waals surface area contributed by atoms with Crippen molar-refractivity contribution in [1.29, 1.82) is 0 Å². The number of ether oxygens (including phenoxy) is 1. The lowest BCUT2D eigenvalue weighted by Crippen LogP contribution is -2.43. The maximum absolute atomic E-state index is 6.38. The Morgan fingerprint density at radius 2 is 1.79 bits per heavy atom. The van der Waals surface area contributed by atoms with Gasteiger partial charge in [-0.25, -0.2) is 0 Å². The average molecular weight is 345 g/mol. The molecule has 2 rings (SSSR count). The molecule has 2 aromatic rings. The molecule has 1 heterocycles. The molecule has 130 valence electrons. The molecule has 0 amide bonds. The van der Waals surface area contributed by atoms with Crippen molar-refractivity contribution < 1.29 is 9.16 Å². The Morgan fingerprint density at radius 1 is 1.08 bits per heavy atom. The van der Waals surface area contributed by atoms with Gasteiger partial charge < -0.3 is 9.16 Å². The lowest BCUT2D eigenvalue weighted by molar-refractivity contribution is 0.386. The number of methoxy groups -OCH3 is 1. The highest BCUT2D eigenvalue weighted by molar-refractivity contribution is 6.74.